The van der Waals surface area contributed by atoms with Gasteiger partial charge in [-0.2, -0.15) is 0 Å². The number of benzene rings is 2. The highest BCUT2D eigenvalue weighted by atomic mass is 16.5. The van der Waals surface area contributed by atoms with Gasteiger partial charge in [-0.25, -0.2) is 0 Å². The van der Waals surface area contributed by atoms with E-state index in [1.807, 2.05) is 66.7 Å². The molecule has 2 aromatic rings. The van der Waals surface area contributed by atoms with Gasteiger partial charge in [-0.15, -0.1) is 0 Å². The van der Waals surface area contributed by atoms with E-state index in [-0.39, 0.29) is 25.2 Å². The third-order valence-electron chi connectivity index (χ3n) is 4.82. The van der Waals surface area contributed by atoms with Crippen LogP contribution in [0, 0.1) is 0 Å². The lowest BCUT2D eigenvalue weighted by Crippen LogP contribution is -2.33. The fourth-order valence-electron chi connectivity index (χ4n) is 3.30. The van der Waals surface area contributed by atoms with Gasteiger partial charge in [-0.05, 0) is 36.1 Å². The van der Waals surface area contributed by atoms with Gasteiger partial charge in [0, 0.05) is 18.5 Å². The number of hydrogen-bond donors (Lipinski definition) is 2. The highest BCUT2D eigenvalue weighted by molar-refractivity contribution is 5.96. The Bertz CT molecular complexity index is 847. The largest absolute Gasteiger partial charge is 0.481 e. The van der Waals surface area contributed by atoms with Gasteiger partial charge >= 0.3 is 5.97 Å². The number of nitrogens with zero attached hydrogens (tertiary/aromatic N) is 1. The zero-order chi connectivity index (χ0) is 20.6. The summed E-state index contributed by atoms with van der Waals surface area (Å²) in [5, 5.41) is 19.2. The molecule has 3 rings (SSSR count). The van der Waals surface area contributed by atoms with Crippen LogP contribution in [-0.2, 0) is 14.3 Å². The van der Waals surface area contributed by atoms with Gasteiger partial charge in [0.05, 0.1) is 0 Å². The first-order chi connectivity index (χ1) is 14.1. The molecular weight excluding hydrogens is 370 g/mol. The smallest absolute Gasteiger partial charge is 0.303 e. The Labute approximate surface area is 170 Å². The van der Waals surface area contributed by atoms with Crippen LogP contribution in [0.25, 0.3) is 0 Å². The maximum atomic E-state index is 12.3. The van der Waals surface area contributed by atoms with Gasteiger partial charge in [0.25, 0.3) is 5.91 Å². The zero-order valence-electron chi connectivity index (χ0n) is 16.1. The number of anilines is 1. The molecule has 2 unspecified atom stereocenters. The molecule has 1 saturated heterocycles. The molecule has 1 amide bonds. The van der Waals surface area contributed by atoms with Gasteiger partial charge in [0.2, 0.25) is 0 Å². The van der Waals surface area contributed by atoms with Crippen LogP contribution in [0.4, 0.5) is 5.69 Å². The van der Waals surface area contributed by atoms with Gasteiger partial charge in [0.1, 0.15) is 18.9 Å². The normalized spacial score (nSPS) is 17.8. The first kappa shape index (κ1) is 20.8. The highest BCUT2D eigenvalue weighted by Crippen LogP contribution is 2.28. The van der Waals surface area contributed by atoms with Crippen LogP contribution in [0.15, 0.2) is 66.7 Å². The van der Waals surface area contributed by atoms with Gasteiger partial charge in [0.15, 0.2) is 0 Å². The maximum absolute atomic E-state index is 12.3. The summed E-state index contributed by atoms with van der Waals surface area (Å²) in [6.45, 7) is 0.0336. The van der Waals surface area contributed by atoms with Crippen LogP contribution < -0.4 is 4.90 Å². The van der Waals surface area contributed by atoms with Crippen molar-refractivity contribution in [3.63, 3.8) is 0 Å². The number of aliphatic carboxylic acids is 1. The van der Waals surface area contributed by atoms with Crippen LogP contribution in [-0.4, -0.2) is 34.9 Å². The quantitative estimate of drug-likeness (QED) is 0.500. The molecule has 6 heteroatoms. The molecule has 1 heterocycles. The first-order valence-corrected chi connectivity index (χ1v) is 9.69. The molecule has 2 N–H and O–H groups in total. The summed E-state index contributed by atoms with van der Waals surface area (Å²) in [4.78, 5) is 24.4. The van der Waals surface area contributed by atoms with Crippen LogP contribution in [0.5, 0.6) is 0 Å². The summed E-state index contributed by atoms with van der Waals surface area (Å²) < 4.78 is 5.61. The van der Waals surface area contributed by atoms with E-state index in [9.17, 15) is 14.7 Å². The number of rotatable bonds is 9. The first-order valence-electron chi connectivity index (χ1n) is 9.69. The number of amides is 1. The molecule has 1 aliphatic heterocycles. The number of carboxylic acids is 1. The molecule has 0 spiro atoms. The van der Waals surface area contributed by atoms with Crippen molar-refractivity contribution in [2.75, 3.05) is 11.5 Å². The third kappa shape index (κ3) is 5.53. The number of carbonyl (C=O) groups is 2. The lowest BCUT2D eigenvalue weighted by atomic mass is 10.0. The Morgan fingerprint density at radius 1 is 1.10 bits per heavy atom. The fourth-order valence-corrected chi connectivity index (χ4v) is 3.30. The maximum Gasteiger partial charge on any atom is 0.303 e. The molecule has 152 valence electrons. The molecule has 2 atom stereocenters. The minimum absolute atomic E-state index is 0.0336. The third-order valence-corrected chi connectivity index (χ3v) is 4.82. The number of carboxylic acid groups (broad SMARTS) is 1. The van der Waals surface area contributed by atoms with E-state index < -0.39 is 12.1 Å². The van der Waals surface area contributed by atoms with Crippen molar-refractivity contribution in [3.05, 3.63) is 77.9 Å². The molecule has 1 fully saturated rings. The van der Waals surface area contributed by atoms with Crippen molar-refractivity contribution in [1.29, 1.82) is 0 Å². The van der Waals surface area contributed by atoms with Crippen molar-refractivity contribution < 1.29 is 24.5 Å². The number of unbranched alkanes of at least 4 members (excludes halogenated alkanes) is 1. The van der Waals surface area contributed by atoms with Crippen LogP contribution in [0.1, 0.15) is 42.9 Å². The summed E-state index contributed by atoms with van der Waals surface area (Å²) in [6, 6.07) is 16.7. The number of hydrogen-bond acceptors (Lipinski definition) is 4. The summed E-state index contributed by atoms with van der Waals surface area (Å²) in [7, 11) is 0. The molecular formula is C23H25NO5. The number of aliphatic hydroxyl groups excluding tert-OH is 1. The summed E-state index contributed by atoms with van der Waals surface area (Å²) in [5.41, 5.74) is 2.29. The van der Waals surface area contributed by atoms with Crippen LogP contribution in [0.3, 0.4) is 0 Å². The number of aliphatic hydroxyl groups is 1. The van der Waals surface area contributed by atoms with Gasteiger partial charge in [-0.3, -0.25) is 14.5 Å². The molecule has 0 aromatic heterocycles. The number of allylic oxidation sites excluding steroid dienone is 1. The Morgan fingerprint density at radius 2 is 1.79 bits per heavy atom. The zero-order valence-corrected chi connectivity index (χ0v) is 16.1. The van der Waals surface area contributed by atoms with Gasteiger partial charge < -0.3 is 14.9 Å². The molecule has 29 heavy (non-hydrogen) atoms. The number of ether oxygens (including phenoxy) is 1. The van der Waals surface area contributed by atoms with Crippen LogP contribution >= 0.6 is 0 Å². The van der Waals surface area contributed by atoms with Crippen molar-refractivity contribution in [3.8, 4) is 0 Å². The minimum Gasteiger partial charge on any atom is -0.481 e. The van der Waals surface area contributed by atoms with E-state index in [4.69, 9.17) is 9.84 Å². The van der Waals surface area contributed by atoms with E-state index in [0.29, 0.717) is 19.3 Å². The minimum atomic E-state index is -0.796. The lowest BCUT2D eigenvalue weighted by molar-refractivity contribution is -0.137. The van der Waals surface area contributed by atoms with Crippen molar-refractivity contribution in [1.82, 2.24) is 0 Å². The van der Waals surface area contributed by atoms with E-state index in [2.05, 4.69) is 0 Å². The second-order valence-electron chi connectivity index (χ2n) is 6.93. The molecule has 0 radical (unpaired) electrons. The Balaban J connectivity index is 1.62. The standard InChI is InChI=1S/C23H25NO5/c25-20-16-29-21(10-6-1-2-7-11-22(26)27)24(20)19-14-12-18(13-15-19)23(28)17-8-4-3-5-9-17/h1,3-6,8-9,12-15,21,23,28H,2,7,10-11,16H2,(H,26,27)/b6-1-. The van der Waals surface area contributed by atoms with Crippen LogP contribution in [0.2, 0.25) is 0 Å². The summed E-state index contributed by atoms with van der Waals surface area (Å²) in [5.74, 6) is -0.902. The van der Waals surface area contributed by atoms with Gasteiger partial charge in [-0.1, -0.05) is 54.6 Å². The summed E-state index contributed by atoms with van der Waals surface area (Å²) >= 11 is 0. The predicted octanol–water partition coefficient (Wildman–Crippen LogP) is 3.66. The summed E-state index contributed by atoms with van der Waals surface area (Å²) in [6.07, 6.45) is 4.69. The SMILES string of the molecule is O=C(O)CCC/C=C\CC1OCC(=O)N1c1ccc(C(O)c2ccccc2)cc1. The van der Waals surface area contributed by atoms with E-state index in [0.717, 1.165) is 16.8 Å². The topological polar surface area (TPSA) is 87.1 Å². The molecule has 0 aliphatic carbocycles. The monoisotopic (exact) mass is 395 g/mol. The van der Waals surface area contributed by atoms with E-state index in [1.54, 1.807) is 4.90 Å². The highest BCUT2D eigenvalue weighted by Gasteiger charge is 2.32. The molecule has 1 aliphatic rings. The second-order valence-corrected chi connectivity index (χ2v) is 6.93. The number of carbonyl (C=O) groups excluding carboxylic acids is 1. The molecule has 6 nitrogen and oxygen atoms in total. The average molecular weight is 395 g/mol. The second kappa shape index (κ2) is 10.0. The van der Waals surface area contributed by atoms with E-state index in [1.165, 1.54) is 0 Å². The molecule has 0 bridgehead atoms. The van der Waals surface area contributed by atoms with Crippen molar-refractivity contribution in [2.45, 2.75) is 38.0 Å². The molecule has 2 aromatic carbocycles. The fraction of sp³-hybridized carbons (Fsp3) is 0.304. The van der Waals surface area contributed by atoms with Crippen molar-refractivity contribution in [2.24, 2.45) is 0 Å². The Kier molecular flexibility index (Phi) is 7.16. The predicted molar refractivity (Wildman–Crippen MR) is 109 cm³/mol. The molecule has 0 saturated carbocycles. The van der Waals surface area contributed by atoms with Crippen molar-refractivity contribution >= 4 is 17.6 Å². The Hall–Kier alpha value is -2.96. The lowest BCUT2D eigenvalue weighted by Gasteiger charge is -2.23. The average Bonchev–Trinajstić information content (AvgIpc) is 3.11. The van der Waals surface area contributed by atoms with E-state index >= 15 is 0 Å². The Morgan fingerprint density at radius 3 is 2.48 bits per heavy atom.